The fraction of sp³-hybridized carbons (Fsp3) is 0.429. The van der Waals surface area contributed by atoms with Gasteiger partial charge >= 0.3 is 0 Å². The molecule has 2 aliphatic rings. The van der Waals surface area contributed by atoms with Gasteiger partial charge in [-0.15, -0.1) is 0 Å². The Hall–Kier alpha value is -2.08. The van der Waals surface area contributed by atoms with Crippen molar-refractivity contribution in [3.05, 3.63) is 36.0 Å². The first kappa shape index (κ1) is 11.7. The summed E-state index contributed by atoms with van der Waals surface area (Å²) < 4.78 is 22.1. The molecule has 0 N–H and O–H groups in total. The topological polar surface area (TPSA) is 66.6 Å². The third-order valence-electron chi connectivity index (χ3n) is 3.53. The maximum Gasteiger partial charge on any atom is 0.232 e. The number of hydrogen-bond donors (Lipinski definition) is 0. The lowest BCUT2D eigenvalue weighted by Crippen LogP contribution is -2.22. The Kier molecular flexibility index (Phi) is 2.81. The highest BCUT2D eigenvalue weighted by Crippen LogP contribution is 2.35. The van der Waals surface area contributed by atoms with Gasteiger partial charge in [0.15, 0.2) is 17.6 Å². The predicted molar refractivity (Wildman–Crippen MR) is 67.8 cm³/mol. The van der Waals surface area contributed by atoms with E-state index in [-0.39, 0.29) is 12.0 Å². The quantitative estimate of drug-likeness (QED) is 0.835. The molecule has 2 aliphatic heterocycles. The molecule has 1 aromatic carbocycles. The third-order valence-corrected chi connectivity index (χ3v) is 3.53. The van der Waals surface area contributed by atoms with E-state index in [1.807, 2.05) is 24.3 Å². The van der Waals surface area contributed by atoms with Crippen LogP contribution in [0.25, 0.3) is 0 Å². The number of aromatic nitrogens is 2. The van der Waals surface area contributed by atoms with Gasteiger partial charge in [0.2, 0.25) is 11.7 Å². The average Bonchev–Trinajstić information content (AvgIpc) is 3.17. The average molecular weight is 274 g/mol. The second-order valence-electron chi connectivity index (χ2n) is 4.92. The van der Waals surface area contributed by atoms with Crippen LogP contribution in [0.5, 0.6) is 11.5 Å². The van der Waals surface area contributed by atoms with Crippen molar-refractivity contribution in [3.63, 3.8) is 0 Å². The molecule has 2 atom stereocenters. The van der Waals surface area contributed by atoms with Gasteiger partial charge in [-0.1, -0.05) is 17.3 Å². The van der Waals surface area contributed by atoms with Crippen molar-refractivity contribution in [3.8, 4) is 11.5 Å². The van der Waals surface area contributed by atoms with Crippen LogP contribution < -0.4 is 9.47 Å². The van der Waals surface area contributed by atoms with E-state index < -0.39 is 0 Å². The maximum absolute atomic E-state index is 5.85. The van der Waals surface area contributed by atoms with Crippen LogP contribution in [0.15, 0.2) is 28.8 Å². The fourth-order valence-electron chi connectivity index (χ4n) is 2.42. The van der Waals surface area contributed by atoms with Crippen LogP contribution in [0.2, 0.25) is 0 Å². The van der Waals surface area contributed by atoms with Crippen molar-refractivity contribution in [2.45, 2.75) is 18.4 Å². The lowest BCUT2D eigenvalue weighted by Gasteiger charge is -2.24. The summed E-state index contributed by atoms with van der Waals surface area (Å²) in [6.45, 7) is 1.78. The summed E-state index contributed by atoms with van der Waals surface area (Å²) in [7, 11) is 0. The van der Waals surface area contributed by atoms with Crippen LogP contribution >= 0.6 is 0 Å². The van der Waals surface area contributed by atoms with E-state index in [1.165, 1.54) is 0 Å². The Bertz CT molecular complexity index is 607. The Balaban J connectivity index is 1.54. The van der Waals surface area contributed by atoms with Crippen LogP contribution in [0.3, 0.4) is 0 Å². The highest BCUT2D eigenvalue weighted by atomic mass is 16.6. The molecule has 1 fully saturated rings. The minimum atomic E-state index is -0.329. The Morgan fingerprint density at radius 2 is 2.00 bits per heavy atom. The second-order valence-corrected chi connectivity index (χ2v) is 4.92. The second kappa shape index (κ2) is 4.79. The molecular formula is C14H14N2O4. The summed E-state index contributed by atoms with van der Waals surface area (Å²) in [5, 5.41) is 4.01. The summed E-state index contributed by atoms with van der Waals surface area (Å²) in [6.07, 6.45) is 0.594. The molecular weight excluding hydrogens is 260 g/mol. The van der Waals surface area contributed by atoms with E-state index in [0.29, 0.717) is 30.7 Å². The van der Waals surface area contributed by atoms with Crippen molar-refractivity contribution in [2.75, 3.05) is 19.8 Å². The SMILES string of the molecule is c1ccc2c(c1)OC[C@@H](c1noc([C@@H]3CCOC3)n1)O2. The highest BCUT2D eigenvalue weighted by molar-refractivity contribution is 5.40. The molecule has 0 amide bonds. The zero-order valence-corrected chi connectivity index (χ0v) is 10.8. The van der Waals surface area contributed by atoms with E-state index in [4.69, 9.17) is 18.7 Å². The van der Waals surface area contributed by atoms with Crippen molar-refractivity contribution < 1.29 is 18.7 Å². The summed E-state index contributed by atoms with van der Waals surface area (Å²) >= 11 is 0. The van der Waals surface area contributed by atoms with Gasteiger partial charge in [-0.25, -0.2) is 0 Å². The Morgan fingerprint density at radius 3 is 2.85 bits per heavy atom. The van der Waals surface area contributed by atoms with Crippen molar-refractivity contribution >= 4 is 0 Å². The molecule has 6 nitrogen and oxygen atoms in total. The molecule has 0 unspecified atom stereocenters. The molecule has 0 radical (unpaired) electrons. The lowest BCUT2D eigenvalue weighted by atomic mass is 10.1. The van der Waals surface area contributed by atoms with Crippen molar-refractivity contribution in [1.82, 2.24) is 10.1 Å². The number of ether oxygens (including phenoxy) is 3. The van der Waals surface area contributed by atoms with Crippen molar-refractivity contribution in [2.24, 2.45) is 0 Å². The van der Waals surface area contributed by atoms with E-state index in [2.05, 4.69) is 10.1 Å². The highest BCUT2D eigenvalue weighted by Gasteiger charge is 2.29. The molecule has 2 aromatic rings. The zero-order valence-electron chi connectivity index (χ0n) is 10.8. The number of fused-ring (bicyclic) bond motifs is 1. The molecule has 20 heavy (non-hydrogen) atoms. The van der Waals surface area contributed by atoms with Gasteiger partial charge in [-0.05, 0) is 18.6 Å². The van der Waals surface area contributed by atoms with Gasteiger partial charge in [-0.2, -0.15) is 4.98 Å². The summed E-state index contributed by atoms with van der Waals surface area (Å²) in [4.78, 5) is 4.43. The molecule has 0 aliphatic carbocycles. The minimum Gasteiger partial charge on any atom is -0.485 e. The molecule has 1 aromatic heterocycles. The normalized spacial score (nSPS) is 24.8. The van der Waals surface area contributed by atoms with Crippen LogP contribution in [0, 0.1) is 0 Å². The molecule has 0 bridgehead atoms. The summed E-state index contributed by atoms with van der Waals surface area (Å²) in [5.74, 6) is 2.81. The lowest BCUT2D eigenvalue weighted by molar-refractivity contribution is 0.0832. The predicted octanol–water partition coefficient (Wildman–Crippen LogP) is 2.09. The molecule has 0 saturated carbocycles. The molecule has 104 valence electrons. The van der Waals surface area contributed by atoms with Gasteiger partial charge in [0.1, 0.15) is 6.61 Å². The summed E-state index contributed by atoms with van der Waals surface area (Å²) in [6, 6.07) is 7.56. The van der Waals surface area contributed by atoms with Crippen molar-refractivity contribution in [1.29, 1.82) is 0 Å². The maximum atomic E-state index is 5.85. The van der Waals surface area contributed by atoms with Crippen LogP contribution in [0.4, 0.5) is 0 Å². The largest absolute Gasteiger partial charge is 0.485 e. The number of para-hydroxylation sites is 2. The molecule has 1 saturated heterocycles. The standard InChI is InChI=1S/C14H14N2O4/c1-2-4-11-10(3-1)18-8-12(19-11)13-15-14(20-16-13)9-5-6-17-7-9/h1-4,9,12H,5-8H2/t9-,12+/m1/s1. The first-order valence-corrected chi connectivity index (χ1v) is 6.70. The number of hydrogen-bond acceptors (Lipinski definition) is 6. The number of nitrogens with zero attached hydrogens (tertiary/aromatic N) is 2. The smallest absolute Gasteiger partial charge is 0.232 e. The van der Waals surface area contributed by atoms with Gasteiger partial charge < -0.3 is 18.7 Å². The monoisotopic (exact) mass is 274 g/mol. The number of rotatable bonds is 2. The molecule has 0 spiro atoms. The third kappa shape index (κ3) is 2.02. The van der Waals surface area contributed by atoms with Gasteiger partial charge in [0.05, 0.1) is 12.5 Å². The van der Waals surface area contributed by atoms with Crippen LogP contribution in [-0.2, 0) is 4.74 Å². The van der Waals surface area contributed by atoms with Gasteiger partial charge in [0, 0.05) is 6.61 Å². The van der Waals surface area contributed by atoms with Crippen LogP contribution in [-0.4, -0.2) is 30.0 Å². The zero-order chi connectivity index (χ0) is 13.4. The van der Waals surface area contributed by atoms with E-state index in [0.717, 1.165) is 18.8 Å². The van der Waals surface area contributed by atoms with E-state index in [9.17, 15) is 0 Å². The first-order valence-electron chi connectivity index (χ1n) is 6.70. The summed E-state index contributed by atoms with van der Waals surface area (Å²) in [5.41, 5.74) is 0. The van der Waals surface area contributed by atoms with Gasteiger partial charge in [-0.3, -0.25) is 0 Å². The van der Waals surface area contributed by atoms with E-state index in [1.54, 1.807) is 0 Å². The Morgan fingerprint density at radius 1 is 1.10 bits per heavy atom. The minimum absolute atomic E-state index is 0.202. The fourth-order valence-corrected chi connectivity index (χ4v) is 2.42. The number of benzene rings is 1. The molecule has 4 rings (SSSR count). The molecule has 3 heterocycles. The van der Waals surface area contributed by atoms with Gasteiger partial charge in [0.25, 0.3) is 0 Å². The first-order chi connectivity index (χ1) is 9.90. The van der Waals surface area contributed by atoms with E-state index >= 15 is 0 Å². The Labute approximate surface area is 115 Å². The van der Waals surface area contributed by atoms with Crippen LogP contribution in [0.1, 0.15) is 30.2 Å². The molecule has 6 heteroatoms.